The molecule has 0 fully saturated rings. The summed E-state index contributed by atoms with van der Waals surface area (Å²) in [4.78, 5) is 27.2. The number of amides is 1. The molecule has 106 valence electrons. The monoisotopic (exact) mass is 292 g/mol. The summed E-state index contributed by atoms with van der Waals surface area (Å²) in [5, 5.41) is 11.2. The van der Waals surface area contributed by atoms with Crippen LogP contribution < -0.4 is 5.32 Å². The number of fused-ring (bicyclic) bond motifs is 1. The van der Waals surface area contributed by atoms with Gasteiger partial charge in [-0.25, -0.2) is 0 Å². The second-order valence-corrected chi connectivity index (χ2v) is 5.83. The predicted octanol–water partition coefficient (Wildman–Crippen LogP) is 2.62. The number of carboxylic acids is 1. The largest absolute Gasteiger partial charge is 0.481 e. The Kier molecular flexibility index (Phi) is 4.34. The highest BCUT2D eigenvalue weighted by molar-refractivity contribution is 7.21. The van der Waals surface area contributed by atoms with Gasteiger partial charge in [0.05, 0.1) is 21.5 Å². The molecule has 2 rings (SSSR count). The molecule has 0 unspecified atom stereocenters. The van der Waals surface area contributed by atoms with Crippen LogP contribution in [0.1, 0.15) is 41.4 Å². The molecule has 2 aromatic rings. The summed E-state index contributed by atoms with van der Waals surface area (Å²) >= 11 is 1.40. The molecule has 0 aromatic carbocycles. The predicted molar refractivity (Wildman–Crippen MR) is 78.3 cm³/mol. The summed E-state index contributed by atoms with van der Waals surface area (Å²) in [6.45, 7) is 4.33. The molecule has 2 heterocycles. The fourth-order valence-electron chi connectivity index (χ4n) is 1.89. The molecule has 0 aliphatic heterocycles. The first kappa shape index (κ1) is 14.5. The lowest BCUT2D eigenvalue weighted by Gasteiger charge is -2.05. The second-order valence-electron chi connectivity index (χ2n) is 4.78. The molecular formula is C14H16N2O3S. The summed E-state index contributed by atoms with van der Waals surface area (Å²) < 4.78 is 1.02. The lowest BCUT2D eigenvalue weighted by molar-refractivity contribution is -0.136. The number of nitrogens with zero attached hydrogens (tertiary/aromatic N) is 1. The topological polar surface area (TPSA) is 79.3 Å². The van der Waals surface area contributed by atoms with Gasteiger partial charge in [-0.05, 0) is 23.6 Å². The van der Waals surface area contributed by atoms with Crippen LogP contribution in [0.4, 0.5) is 0 Å². The molecule has 0 saturated heterocycles. The van der Waals surface area contributed by atoms with Gasteiger partial charge >= 0.3 is 5.97 Å². The third-order valence-electron chi connectivity index (χ3n) is 2.91. The van der Waals surface area contributed by atoms with Gasteiger partial charge in [0.15, 0.2) is 0 Å². The van der Waals surface area contributed by atoms with Gasteiger partial charge in [-0.15, -0.1) is 11.3 Å². The van der Waals surface area contributed by atoms with E-state index >= 15 is 0 Å². The van der Waals surface area contributed by atoms with Crippen LogP contribution in [0.2, 0.25) is 0 Å². The van der Waals surface area contributed by atoms with Gasteiger partial charge in [-0.3, -0.25) is 14.6 Å². The first-order valence-corrected chi connectivity index (χ1v) is 7.19. The Morgan fingerprint density at radius 3 is 2.85 bits per heavy atom. The average Bonchev–Trinajstić information content (AvgIpc) is 2.81. The maximum absolute atomic E-state index is 12.0. The van der Waals surface area contributed by atoms with Crippen LogP contribution in [-0.4, -0.2) is 28.5 Å². The van der Waals surface area contributed by atoms with Crippen LogP contribution >= 0.6 is 11.3 Å². The first-order chi connectivity index (χ1) is 9.49. The summed E-state index contributed by atoms with van der Waals surface area (Å²) in [5.41, 5.74) is 1.98. The number of carboxylic acid groups (broad SMARTS) is 1. The van der Waals surface area contributed by atoms with E-state index in [1.807, 2.05) is 6.07 Å². The standard InChI is InChI=1S/C14H16N2O3S/c1-8(2)9-3-5-15-10-7-11(20-13(9)10)14(19)16-6-4-12(17)18/h3,5,7-8H,4,6H2,1-2H3,(H,16,19)(H,17,18). The van der Waals surface area contributed by atoms with Crippen molar-refractivity contribution in [2.45, 2.75) is 26.2 Å². The van der Waals surface area contributed by atoms with E-state index in [1.54, 1.807) is 12.3 Å². The van der Waals surface area contributed by atoms with Crippen molar-refractivity contribution in [3.8, 4) is 0 Å². The quantitative estimate of drug-likeness (QED) is 0.888. The van der Waals surface area contributed by atoms with Crippen molar-refractivity contribution in [1.82, 2.24) is 10.3 Å². The molecule has 0 atom stereocenters. The fourth-order valence-corrected chi connectivity index (χ4v) is 3.09. The van der Waals surface area contributed by atoms with E-state index in [0.29, 0.717) is 10.8 Å². The SMILES string of the molecule is CC(C)c1ccnc2cc(C(=O)NCCC(=O)O)sc12. The van der Waals surface area contributed by atoms with Crippen LogP contribution in [0.15, 0.2) is 18.3 Å². The molecule has 0 radical (unpaired) electrons. The van der Waals surface area contributed by atoms with Crippen LogP contribution in [-0.2, 0) is 4.79 Å². The number of nitrogens with one attached hydrogen (secondary N) is 1. The zero-order chi connectivity index (χ0) is 14.7. The van der Waals surface area contributed by atoms with E-state index in [4.69, 9.17) is 5.11 Å². The summed E-state index contributed by atoms with van der Waals surface area (Å²) in [6, 6.07) is 3.72. The number of thiophene rings is 1. The Morgan fingerprint density at radius 1 is 1.45 bits per heavy atom. The number of hydrogen-bond acceptors (Lipinski definition) is 4. The highest BCUT2D eigenvalue weighted by Gasteiger charge is 2.14. The van der Waals surface area contributed by atoms with Crippen molar-refractivity contribution >= 4 is 33.4 Å². The number of rotatable bonds is 5. The first-order valence-electron chi connectivity index (χ1n) is 6.37. The molecule has 6 heteroatoms. The van der Waals surface area contributed by atoms with Crippen LogP contribution in [0.3, 0.4) is 0 Å². The van der Waals surface area contributed by atoms with Crippen molar-refractivity contribution in [2.75, 3.05) is 6.54 Å². The van der Waals surface area contributed by atoms with Gasteiger partial charge in [-0.1, -0.05) is 13.8 Å². The molecule has 20 heavy (non-hydrogen) atoms. The Balaban J connectivity index is 2.21. The fraction of sp³-hybridized carbons (Fsp3) is 0.357. The molecular weight excluding hydrogens is 276 g/mol. The van der Waals surface area contributed by atoms with Crippen molar-refractivity contribution in [2.24, 2.45) is 0 Å². The van der Waals surface area contributed by atoms with Crippen molar-refractivity contribution in [1.29, 1.82) is 0 Å². The number of hydrogen-bond donors (Lipinski definition) is 2. The van der Waals surface area contributed by atoms with Crippen LogP contribution in [0.5, 0.6) is 0 Å². The maximum Gasteiger partial charge on any atom is 0.305 e. The second kappa shape index (κ2) is 6.00. The number of pyridine rings is 1. The molecule has 5 nitrogen and oxygen atoms in total. The van der Waals surface area contributed by atoms with Crippen molar-refractivity contribution in [3.63, 3.8) is 0 Å². The van der Waals surface area contributed by atoms with Gasteiger partial charge in [0.2, 0.25) is 0 Å². The zero-order valence-corrected chi connectivity index (χ0v) is 12.2. The summed E-state index contributed by atoms with van der Waals surface area (Å²) in [7, 11) is 0. The Hall–Kier alpha value is -1.95. The molecule has 2 N–H and O–H groups in total. The lowest BCUT2D eigenvalue weighted by atomic mass is 10.0. The normalized spacial score (nSPS) is 10.9. The smallest absolute Gasteiger partial charge is 0.305 e. The number of carbonyl (C=O) groups excluding carboxylic acids is 1. The highest BCUT2D eigenvalue weighted by Crippen LogP contribution is 2.31. The van der Waals surface area contributed by atoms with E-state index in [2.05, 4.69) is 24.1 Å². The van der Waals surface area contributed by atoms with Gasteiger partial charge < -0.3 is 10.4 Å². The molecule has 0 aliphatic carbocycles. The van der Waals surface area contributed by atoms with E-state index in [0.717, 1.165) is 10.2 Å². The minimum absolute atomic E-state index is 0.0773. The Bertz CT molecular complexity index is 649. The molecule has 0 aliphatic rings. The maximum atomic E-state index is 12.0. The zero-order valence-electron chi connectivity index (χ0n) is 11.3. The van der Waals surface area contributed by atoms with E-state index < -0.39 is 5.97 Å². The van der Waals surface area contributed by atoms with E-state index in [9.17, 15) is 9.59 Å². The third-order valence-corrected chi connectivity index (χ3v) is 4.08. The summed E-state index contributed by atoms with van der Waals surface area (Å²) in [5.74, 6) is -0.809. The van der Waals surface area contributed by atoms with Gasteiger partial charge in [0, 0.05) is 12.7 Å². The Morgan fingerprint density at radius 2 is 2.20 bits per heavy atom. The van der Waals surface area contributed by atoms with Gasteiger partial charge in [0.1, 0.15) is 0 Å². The molecule has 0 saturated carbocycles. The van der Waals surface area contributed by atoms with E-state index in [1.165, 1.54) is 16.9 Å². The molecule has 2 aromatic heterocycles. The highest BCUT2D eigenvalue weighted by atomic mass is 32.1. The number of aliphatic carboxylic acids is 1. The minimum atomic E-state index is -0.926. The third kappa shape index (κ3) is 3.14. The number of carbonyl (C=O) groups is 2. The van der Waals surface area contributed by atoms with Gasteiger partial charge in [0.25, 0.3) is 5.91 Å². The van der Waals surface area contributed by atoms with Crippen molar-refractivity contribution < 1.29 is 14.7 Å². The van der Waals surface area contributed by atoms with Gasteiger partial charge in [-0.2, -0.15) is 0 Å². The van der Waals surface area contributed by atoms with E-state index in [-0.39, 0.29) is 18.9 Å². The van der Waals surface area contributed by atoms with Crippen molar-refractivity contribution in [3.05, 3.63) is 28.8 Å². The molecule has 0 bridgehead atoms. The molecule has 1 amide bonds. The average molecular weight is 292 g/mol. The summed E-state index contributed by atoms with van der Waals surface area (Å²) in [6.07, 6.45) is 1.67. The minimum Gasteiger partial charge on any atom is -0.481 e. The van der Waals surface area contributed by atoms with Crippen LogP contribution in [0, 0.1) is 0 Å². The lowest BCUT2D eigenvalue weighted by Crippen LogP contribution is -2.25. The van der Waals surface area contributed by atoms with Crippen LogP contribution in [0.25, 0.3) is 10.2 Å². The molecule has 0 spiro atoms. The number of aromatic nitrogens is 1. The Labute approximate surface area is 120 Å².